The van der Waals surface area contributed by atoms with Gasteiger partial charge >= 0.3 is 6.01 Å². The van der Waals surface area contributed by atoms with Gasteiger partial charge in [0.1, 0.15) is 0 Å². The van der Waals surface area contributed by atoms with E-state index < -0.39 is 0 Å². The van der Waals surface area contributed by atoms with E-state index in [1.165, 1.54) is 0 Å². The van der Waals surface area contributed by atoms with E-state index in [1.54, 1.807) is 0 Å². The second-order valence-corrected chi connectivity index (χ2v) is 3.64. The molecule has 84 valence electrons. The minimum absolute atomic E-state index is 0.355. The second-order valence-electron chi connectivity index (χ2n) is 3.64. The molecule has 0 aromatic carbocycles. The predicted octanol–water partition coefficient (Wildman–Crippen LogP) is 0.0141. The summed E-state index contributed by atoms with van der Waals surface area (Å²) in [7, 11) is 3.80. The van der Waals surface area contributed by atoms with Crippen molar-refractivity contribution in [3.63, 3.8) is 0 Å². The smallest absolute Gasteiger partial charge is 0.318 e. The largest absolute Gasteiger partial charge is 0.407 e. The molecule has 1 unspecified atom stereocenters. The quantitative estimate of drug-likeness (QED) is 0.758. The molecule has 1 fully saturated rings. The number of likely N-dealkylation sites (N-methyl/N-ethyl adjacent to an activating group) is 1. The van der Waals surface area contributed by atoms with Crippen LogP contribution in [-0.2, 0) is 11.3 Å². The molecule has 0 bridgehead atoms. The van der Waals surface area contributed by atoms with Crippen LogP contribution in [0.2, 0.25) is 0 Å². The Morgan fingerprint density at radius 1 is 1.53 bits per heavy atom. The molecular formula is C9H16N4O2. The van der Waals surface area contributed by atoms with Crippen molar-refractivity contribution in [1.29, 1.82) is 0 Å². The Bertz CT molecular complexity index is 309. The average molecular weight is 212 g/mol. The number of ether oxygens (including phenoxy) is 1. The topological polar surface area (TPSA) is 63.4 Å². The molecule has 1 aliphatic rings. The third-order valence-corrected chi connectivity index (χ3v) is 2.54. The summed E-state index contributed by atoms with van der Waals surface area (Å²) in [5, 5.41) is 10.9. The van der Waals surface area contributed by atoms with E-state index in [0.717, 1.165) is 19.6 Å². The standard InChI is InChI=1S/C9H16N4O2/c1-10-5-8-11-12-9(15-8)13(2)7-3-4-14-6-7/h7,10H,3-6H2,1-2H3. The van der Waals surface area contributed by atoms with Crippen LogP contribution >= 0.6 is 0 Å². The van der Waals surface area contributed by atoms with Gasteiger partial charge in [-0.3, -0.25) is 0 Å². The maximum absolute atomic E-state index is 5.48. The molecule has 1 N–H and O–H groups in total. The molecule has 6 nitrogen and oxygen atoms in total. The number of hydrogen-bond acceptors (Lipinski definition) is 6. The first-order valence-corrected chi connectivity index (χ1v) is 5.09. The average Bonchev–Trinajstić information content (AvgIpc) is 2.87. The van der Waals surface area contributed by atoms with Crippen molar-refractivity contribution in [2.45, 2.75) is 19.0 Å². The van der Waals surface area contributed by atoms with Crippen LogP contribution in [0.25, 0.3) is 0 Å². The lowest BCUT2D eigenvalue weighted by Gasteiger charge is -2.19. The van der Waals surface area contributed by atoms with Crippen molar-refractivity contribution in [2.75, 3.05) is 32.2 Å². The molecule has 0 spiro atoms. The highest BCUT2D eigenvalue weighted by molar-refractivity contribution is 5.25. The summed E-state index contributed by atoms with van der Waals surface area (Å²) in [5.41, 5.74) is 0. The van der Waals surface area contributed by atoms with Crippen LogP contribution in [0.1, 0.15) is 12.3 Å². The highest BCUT2D eigenvalue weighted by Gasteiger charge is 2.23. The lowest BCUT2D eigenvalue weighted by Crippen LogP contribution is -2.31. The van der Waals surface area contributed by atoms with Crippen LogP contribution in [0.4, 0.5) is 6.01 Å². The zero-order chi connectivity index (χ0) is 10.7. The summed E-state index contributed by atoms with van der Waals surface area (Å²) in [6, 6.07) is 0.920. The molecule has 2 heterocycles. The Morgan fingerprint density at radius 3 is 3.07 bits per heavy atom. The third-order valence-electron chi connectivity index (χ3n) is 2.54. The molecule has 6 heteroatoms. The first-order valence-electron chi connectivity index (χ1n) is 5.09. The highest BCUT2D eigenvalue weighted by Crippen LogP contribution is 2.18. The van der Waals surface area contributed by atoms with Gasteiger partial charge in [-0.1, -0.05) is 5.10 Å². The lowest BCUT2D eigenvalue weighted by atomic mass is 10.2. The van der Waals surface area contributed by atoms with E-state index in [0.29, 0.717) is 24.5 Å². The number of hydrogen-bond donors (Lipinski definition) is 1. The summed E-state index contributed by atoms with van der Waals surface area (Å²) >= 11 is 0. The number of aromatic nitrogens is 2. The fourth-order valence-electron chi connectivity index (χ4n) is 1.59. The first-order chi connectivity index (χ1) is 7.31. The molecule has 0 aliphatic carbocycles. The summed E-state index contributed by atoms with van der Waals surface area (Å²) in [6.07, 6.45) is 1.01. The van der Waals surface area contributed by atoms with Crippen molar-refractivity contribution < 1.29 is 9.15 Å². The number of nitrogens with zero attached hydrogens (tertiary/aromatic N) is 3. The molecular weight excluding hydrogens is 196 g/mol. The Kier molecular flexibility index (Phi) is 3.17. The van der Waals surface area contributed by atoms with Crippen molar-refractivity contribution in [2.24, 2.45) is 0 Å². The third kappa shape index (κ3) is 2.27. The number of nitrogens with one attached hydrogen (secondary N) is 1. The minimum atomic E-state index is 0.355. The molecule has 1 aromatic rings. The first kappa shape index (κ1) is 10.4. The second kappa shape index (κ2) is 4.59. The number of rotatable bonds is 4. The van der Waals surface area contributed by atoms with Gasteiger partial charge in [0.25, 0.3) is 0 Å². The minimum Gasteiger partial charge on any atom is -0.407 e. The molecule has 1 atom stereocenters. The zero-order valence-corrected chi connectivity index (χ0v) is 9.06. The van der Waals surface area contributed by atoms with E-state index in [4.69, 9.17) is 9.15 Å². The van der Waals surface area contributed by atoms with Gasteiger partial charge in [0.2, 0.25) is 5.89 Å². The van der Waals surface area contributed by atoms with Gasteiger partial charge < -0.3 is 19.4 Å². The number of anilines is 1. The Morgan fingerprint density at radius 2 is 2.40 bits per heavy atom. The van der Waals surface area contributed by atoms with E-state index >= 15 is 0 Å². The van der Waals surface area contributed by atoms with E-state index in [1.807, 2.05) is 19.0 Å². The van der Waals surface area contributed by atoms with E-state index in [2.05, 4.69) is 15.5 Å². The van der Waals surface area contributed by atoms with Crippen molar-refractivity contribution in [1.82, 2.24) is 15.5 Å². The molecule has 0 amide bonds. The van der Waals surface area contributed by atoms with Crippen LogP contribution in [-0.4, -0.2) is 43.5 Å². The summed E-state index contributed by atoms with van der Waals surface area (Å²) in [6.45, 7) is 2.15. The van der Waals surface area contributed by atoms with Crippen molar-refractivity contribution >= 4 is 6.01 Å². The lowest BCUT2D eigenvalue weighted by molar-refractivity contribution is 0.193. The van der Waals surface area contributed by atoms with Crippen LogP contribution in [0, 0.1) is 0 Å². The Balaban J connectivity index is 2.00. The van der Waals surface area contributed by atoms with Gasteiger partial charge in [-0.05, 0) is 13.5 Å². The SMILES string of the molecule is CNCc1nnc(N(C)C2CCOC2)o1. The Labute approximate surface area is 88.6 Å². The van der Waals surface area contributed by atoms with Gasteiger partial charge in [0.05, 0.1) is 19.2 Å². The van der Waals surface area contributed by atoms with Crippen LogP contribution in [0.3, 0.4) is 0 Å². The van der Waals surface area contributed by atoms with Gasteiger partial charge in [-0.15, -0.1) is 5.10 Å². The molecule has 2 rings (SSSR count). The van der Waals surface area contributed by atoms with Gasteiger partial charge in [0.15, 0.2) is 0 Å². The Hall–Kier alpha value is -1.14. The van der Waals surface area contributed by atoms with Gasteiger partial charge in [-0.2, -0.15) is 0 Å². The maximum atomic E-state index is 5.48. The van der Waals surface area contributed by atoms with Crippen molar-refractivity contribution in [3.05, 3.63) is 5.89 Å². The molecule has 0 radical (unpaired) electrons. The summed E-state index contributed by atoms with van der Waals surface area (Å²) in [4.78, 5) is 1.99. The molecule has 15 heavy (non-hydrogen) atoms. The highest BCUT2D eigenvalue weighted by atomic mass is 16.5. The van der Waals surface area contributed by atoms with Crippen LogP contribution in [0.15, 0.2) is 4.42 Å². The van der Waals surface area contributed by atoms with E-state index in [9.17, 15) is 0 Å². The monoisotopic (exact) mass is 212 g/mol. The zero-order valence-electron chi connectivity index (χ0n) is 9.06. The van der Waals surface area contributed by atoms with Crippen LogP contribution < -0.4 is 10.2 Å². The van der Waals surface area contributed by atoms with Gasteiger partial charge in [0, 0.05) is 13.7 Å². The van der Waals surface area contributed by atoms with E-state index in [-0.39, 0.29) is 0 Å². The molecule has 0 saturated carbocycles. The van der Waals surface area contributed by atoms with Gasteiger partial charge in [-0.25, -0.2) is 0 Å². The fourth-order valence-corrected chi connectivity index (χ4v) is 1.59. The maximum Gasteiger partial charge on any atom is 0.318 e. The fraction of sp³-hybridized carbons (Fsp3) is 0.778. The van der Waals surface area contributed by atoms with Crippen molar-refractivity contribution in [3.8, 4) is 0 Å². The molecule has 1 aliphatic heterocycles. The summed E-state index contributed by atoms with van der Waals surface area (Å²) in [5.74, 6) is 0.610. The summed E-state index contributed by atoms with van der Waals surface area (Å²) < 4.78 is 10.8. The predicted molar refractivity (Wildman–Crippen MR) is 54.7 cm³/mol. The van der Waals surface area contributed by atoms with Crippen LogP contribution in [0.5, 0.6) is 0 Å². The molecule has 1 aromatic heterocycles. The molecule has 1 saturated heterocycles. The normalized spacial score (nSPS) is 20.8.